The van der Waals surface area contributed by atoms with Crippen molar-refractivity contribution < 1.29 is 0 Å². The summed E-state index contributed by atoms with van der Waals surface area (Å²) in [6.07, 6.45) is 0. The lowest BCUT2D eigenvalue weighted by molar-refractivity contribution is 0.744. The molecule has 3 aromatic rings. The standard InChI is InChI=1S/C15H13Cl2N3.2ClH/c16-11-6-5-10(7-12(11)17)9-20-14-4-2-1-3-13(14)19-15(20)8-18;;/h1-7H,8-9,18H2;2*1H. The quantitative estimate of drug-likeness (QED) is 0.718. The Hall–Kier alpha value is -0.970. The Morgan fingerprint density at radius 3 is 2.41 bits per heavy atom. The van der Waals surface area contributed by atoms with Gasteiger partial charge in [-0.15, -0.1) is 24.8 Å². The maximum atomic E-state index is 6.06. The van der Waals surface area contributed by atoms with Gasteiger partial charge in [-0.1, -0.05) is 41.4 Å². The van der Waals surface area contributed by atoms with Gasteiger partial charge in [0, 0.05) is 6.54 Å². The van der Waals surface area contributed by atoms with Gasteiger partial charge >= 0.3 is 0 Å². The van der Waals surface area contributed by atoms with Crippen LogP contribution in [0.1, 0.15) is 11.4 Å². The topological polar surface area (TPSA) is 43.8 Å². The van der Waals surface area contributed by atoms with Gasteiger partial charge in [0.25, 0.3) is 0 Å². The van der Waals surface area contributed by atoms with Gasteiger partial charge in [0.1, 0.15) is 5.82 Å². The third-order valence-electron chi connectivity index (χ3n) is 3.24. The van der Waals surface area contributed by atoms with E-state index >= 15 is 0 Å². The van der Waals surface area contributed by atoms with Crippen molar-refractivity contribution in [2.24, 2.45) is 5.73 Å². The lowest BCUT2D eigenvalue weighted by Crippen LogP contribution is -2.09. The van der Waals surface area contributed by atoms with Crippen molar-refractivity contribution in [1.82, 2.24) is 9.55 Å². The Kier molecular flexibility index (Phi) is 6.98. The molecule has 3 nitrogen and oxygen atoms in total. The van der Waals surface area contributed by atoms with Gasteiger partial charge in [0.05, 0.1) is 27.6 Å². The normalized spacial score (nSPS) is 10.1. The smallest absolute Gasteiger partial charge is 0.123 e. The molecule has 1 heterocycles. The zero-order valence-electron chi connectivity index (χ0n) is 11.5. The summed E-state index contributed by atoms with van der Waals surface area (Å²) in [5.41, 5.74) is 8.88. The van der Waals surface area contributed by atoms with E-state index in [9.17, 15) is 0 Å². The summed E-state index contributed by atoms with van der Waals surface area (Å²) in [4.78, 5) is 4.55. The van der Waals surface area contributed by atoms with E-state index in [2.05, 4.69) is 9.55 Å². The number of para-hydroxylation sites is 2. The van der Waals surface area contributed by atoms with Crippen LogP contribution >= 0.6 is 48.0 Å². The predicted octanol–water partition coefficient (Wildman–Crippen LogP) is 4.69. The Morgan fingerprint density at radius 2 is 1.73 bits per heavy atom. The molecule has 3 rings (SSSR count). The van der Waals surface area contributed by atoms with E-state index in [1.54, 1.807) is 6.07 Å². The van der Waals surface area contributed by atoms with E-state index in [1.165, 1.54) is 0 Å². The van der Waals surface area contributed by atoms with Crippen LogP contribution in [0.25, 0.3) is 11.0 Å². The lowest BCUT2D eigenvalue weighted by Gasteiger charge is -2.09. The predicted molar refractivity (Wildman–Crippen MR) is 97.7 cm³/mol. The first-order valence-corrected chi connectivity index (χ1v) is 7.03. The van der Waals surface area contributed by atoms with Crippen LogP contribution in [0.5, 0.6) is 0 Å². The average molecular weight is 379 g/mol. The first-order chi connectivity index (χ1) is 9.69. The molecule has 0 radical (unpaired) electrons. The molecule has 0 saturated carbocycles. The van der Waals surface area contributed by atoms with Gasteiger partial charge < -0.3 is 10.3 Å². The van der Waals surface area contributed by atoms with Crippen molar-refractivity contribution in [2.75, 3.05) is 0 Å². The second kappa shape index (κ2) is 8.04. The number of imidazole rings is 1. The number of nitrogens with two attached hydrogens (primary N) is 1. The first kappa shape index (κ1) is 19.1. The van der Waals surface area contributed by atoms with Crippen molar-refractivity contribution in [3.05, 3.63) is 63.9 Å². The highest BCUT2D eigenvalue weighted by atomic mass is 35.5. The van der Waals surface area contributed by atoms with E-state index in [4.69, 9.17) is 28.9 Å². The molecule has 0 aliphatic carbocycles. The van der Waals surface area contributed by atoms with E-state index in [-0.39, 0.29) is 24.8 Å². The molecule has 0 aliphatic heterocycles. The number of aromatic nitrogens is 2. The van der Waals surface area contributed by atoms with Crippen LogP contribution in [-0.4, -0.2) is 9.55 Å². The number of rotatable bonds is 3. The fourth-order valence-corrected chi connectivity index (χ4v) is 2.60. The summed E-state index contributed by atoms with van der Waals surface area (Å²) in [6.45, 7) is 1.07. The maximum absolute atomic E-state index is 6.06. The van der Waals surface area contributed by atoms with E-state index in [0.717, 1.165) is 22.4 Å². The molecule has 0 saturated heterocycles. The number of halogens is 4. The molecule has 2 aromatic carbocycles. The molecule has 7 heteroatoms. The van der Waals surface area contributed by atoms with Crippen molar-refractivity contribution >= 4 is 59.0 Å². The average Bonchev–Trinajstić information content (AvgIpc) is 2.81. The largest absolute Gasteiger partial charge is 0.324 e. The van der Waals surface area contributed by atoms with E-state index in [1.807, 2.05) is 36.4 Å². The fourth-order valence-electron chi connectivity index (χ4n) is 2.28. The van der Waals surface area contributed by atoms with Crippen LogP contribution < -0.4 is 5.73 Å². The SMILES string of the molecule is Cl.Cl.NCc1nc2ccccc2n1Cc1ccc(Cl)c(Cl)c1. The van der Waals surface area contributed by atoms with Crippen molar-refractivity contribution in [1.29, 1.82) is 0 Å². The van der Waals surface area contributed by atoms with Crippen molar-refractivity contribution in [3.8, 4) is 0 Å². The Labute approximate surface area is 151 Å². The lowest BCUT2D eigenvalue weighted by atomic mass is 10.2. The zero-order valence-corrected chi connectivity index (χ0v) is 14.6. The van der Waals surface area contributed by atoms with E-state index < -0.39 is 0 Å². The molecule has 0 amide bonds. The molecule has 0 spiro atoms. The minimum Gasteiger partial charge on any atom is -0.324 e. The second-order valence-electron chi connectivity index (χ2n) is 4.56. The Morgan fingerprint density at radius 1 is 1.00 bits per heavy atom. The molecule has 1 aromatic heterocycles. The van der Waals surface area contributed by atoms with Crippen LogP contribution in [0.4, 0.5) is 0 Å². The molecule has 2 N–H and O–H groups in total. The summed E-state index contributed by atoms with van der Waals surface area (Å²) in [7, 11) is 0. The van der Waals surface area contributed by atoms with Gasteiger partial charge in [-0.3, -0.25) is 0 Å². The molecule has 0 atom stereocenters. The monoisotopic (exact) mass is 377 g/mol. The highest BCUT2D eigenvalue weighted by Gasteiger charge is 2.10. The highest BCUT2D eigenvalue weighted by Crippen LogP contribution is 2.24. The molecular weight excluding hydrogens is 364 g/mol. The summed E-state index contributed by atoms with van der Waals surface area (Å²) in [5.74, 6) is 0.859. The highest BCUT2D eigenvalue weighted by molar-refractivity contribution is 6.42. The number of hydrogen-bond acceptors (Lipinski definition) is 2. The molecule has 0 aliphatic rings. The molecule has 0 bridgehead atoms. The van der Waals surface area contributed by atoms with Crippen LogP contribution in [0.15, 0.2) is 42.5 Å². The molecule has 118 valence electrons. The van der Waals surface area contributed by atoms with Gasteiger partial charge in [-0.2, -0.15) is 0 Å². The van der Waals surface area contributed by atoms with E-state index in [0.29, 0.717) is 23.1 Å². The first-order valence-electron chi connectivity index (χ1n) is 6.27. The summed E-state index contributed by atoms with van der Waals surface area (Å²) in [6, 6.07) is 13.6. The number of nitrogens with zero attached hydrogens (tertiary/aromatic N) is 2. The Bertz CT molecular complexity index is 771. The van der Waals surface area contributed by atoms with Crippen LogP contribution in [-0.2, 0) is 13.1 Å². The Balaban J connectivity index is 0.00000121. The van der Waals surface area contributed by atoms with Crippen molar-refractivity contribution in [3.63, 3.8) is 0 Å². The van der Waals surface area contributed by atoms with Gasteiger partial charge in [-0.25, -0.2) is 4.98 Å². The second-order valence-corrected chi connectivity index (χ2v) is 5.37. The third-order valence-corrected chi connectivity index (χ3v) is 3.98. The van der Waals surface area contributed by atoms with Crippen LogP contribution in [0, 0.1) is 0 Å². The molecule has 0 fully saturated rings. The summed E-state index contributed by atoms with van der Waals surface area (Å²) >= 11 is 12.0. The van der Waals surface area contributed by atoms with Crippen LogP contribution in [0.3, 0.4) is 0 Å². The number of benzene rings is 2. The number of hydrogen-bond donors (Lipinski definition) is 1. The van der Waals surface area contributed by atoms with Crippen molar-refractivity contribution in [2.45, 2.75) is 13.1 Å². The molecular formula is C15H15Cl4N3. The maximum Gasteiger partial charge on any atom is 0.123 e. The van der Waals surface area contributed by atoms with Gasteiger partial charge in [0.2, 0.25) is 0 Å². The molecule has 22 heavy (non-hydrogen) atoms. The minimum atomic E-state index is 0. The summed E-state index contributed by atoms with van der Waals surface area (Å²) < 4.78 is 2.11. The third kappa shape index (κ3) is 3.67. The fraction of sp³-hybridized carbons (Fsp3) is 0.133. The van der Waals surface area contributed by atoms with Gasteiger partial charge in [0.15, 0.2) is 0 Å². The zero-order chi connectivity index (χ0) is 14.1. The van der Waals surface area contributed by atoms with Gasteiger partial charge in [-0.05, 0) is 29.8 Å². The minimum absolute atomic E-state index is 0. The number of fused-ring (bicyclic) bond motifs is 1. The summed E-state index contributed by atoms with van der Waals surface area (Å²) in [5, 5.41) is 1.12. The van der Waals surface area contributed by atoms with Crippen LogP contribution in [0.2, 0.25) is 10.0 Å². The molecule has 0 unspecified atom stereocenters.